The molecule has 0 radical (unpaired) electrons. The van der Waals surface area contributed by atoms with E-state index in [1.54, 1.807) is 32.2 Å². The topological polar surface area (TPSA) is 100 Å². The summed E-state index contributed by atoms with van der Waals surface area (Å²) in [6.07, 6.45) is 2.68. The summed E-state index contributed by atoms with van der Waals surface area (Å²) in [5, 5.41) is 3.41. The predicted molar refractivity (Wildman–Crippen MR) is 129 cm³/mol. The van der Waals surface area contributed by atoms with E-state index in [9.17, 15) is 9.59 Å². The zero-order valence-electron chi connectivity index (χ0n) is 20.0. The Morgan fingerprint density at radius 2 is 1.88 bits per heavy atom. The smallest absolute Gasteiger partial charge is 0.319 e. The van der Waals surface area contributed by atoms with Crippen LogP contribution in [-0.4, -0.2) is 99.8 Å². The van der Waals surface area contributed by atoms with Gasteiger partial charge in [-0.25, -0.2) is 4.79 Å². The summed E-state index contributed by atoms with van der Waals surface area (Å²) in [6, 6.07) is 3.07. The Morgan fingerprint density at radius 3 is 2.48 bits per heavy atom. The molecule has 0 saturated carbocycles. The third-order valence-corrected chi connectivity index (χ3v) is 6.94. The number of hydrogen-bond acceptors (Lipinski definition) is 6. The molecule has 2 unspecified atom stereocenters. The van der Waals surface area contributed by atoms with Crippen molar-refractivity contribution in [3.63, 3.8) is 0 Å². The largest absolute Gasteiger partial charge is 0.496 e. The number of ether oxygens (including phenoxy) is 2. The lowest BCUT2D eigenvalue weighted by Crippen LogP contribution is -2.56. The van der Waals surface area contributed by atoms with Gasteiger partial charge in [0, 0.05) is 60.0 Å². The minimum atomic E-state index is -0.257. The zero-order chi connectivity index (χ0) is 24.1. The average molecular weight is 482 g/mol. The monoisotopic (exact) mass is 481 g/mol. The number of hydrogen-bond donors (Lipinski definition) is 2. The highest BCUT2D eigenvalue weighted by molar-refractivity contribution is 6.33. The number of likely N-dealkylation sites (tertiary alicyclic amines) is 2. The molecule has 184 valence electrons. The van der Waals surface area contributed by atoms with Crippen LogP contribution in [0.3, 0.4) is 0 Å². The zero-order valence-corrected chi connectivity index (χ0v) is 20.7. The summed E-state index contributed by atoms with van der Waals surface area (Å²) in [4.78, 5) is 31.1. The second-order valence-electron chi connectivity index (χ2n) is 9.08. The number of rotatable bonds is 6. The molecule has 3 rings (SSSR count). The summed E-state index contributed by atoms with van der Waals surface area (Å²) in [6.45, 7) is 4.20. The van der Waals surface area contributed by atoms with Crippen LogP contribution in [0.2, 0.25) is 5.02 Å². The summed E-state index contributed by atoms with van der Waals surface area (Å²) in [5.74, 6) is 0.688. The summed E-state index contributed by atoms with van der Waals surface area (Å²) in [5.41, 5.74) is 6.55. The number of piperidine rings is 2. The van der Waals surface area contributed by atoms with Gasteiger partial charge in [0.2, 0.25) is 0 Å². The van der Waals surface area contributed by atoms with Crippen molar-refractivity contribution in [2.75, 3.05) is 66.8 Å². The second-order valence-corrected chi connectivity index (χ2v) is 9.49. The van der Waals surface area contributed by atoms with Crippen molar-refractivity contribution in [2.24, 2.45) is 5.92 Å². The first-order valence-corrected chi connectivity index (χ1v) is 11.8. The number of amides is 3. The quantitative estimate of drug-likeness (QED) is 0.604. The van der Waals surface area contributed by atoms with Gasteiger partial charge in [0.05, 0.1) is 35.5 Å². The summed E-state index contributed by atoms with van der Waals surface area (Å²) in [7, 11) is 6.76. The number of anilines is 1. The highest BCUT2D eigenvalue weighted by Gasteiger charge is 2.33. The van der Waals surface area contributed by atoms with Gasteiger partial charge in [0.25, 0.3) is 5.91 Å². The first-order valence-electron chi connectivity index (χ1n) is 11.4. The molecule has 0 bridgehead atoms. The maximum absolute atomic E-state index is 13.0. The van der Waals surface area contributed by atoms with E-state index in [1.807, 2.05) is 4.90 Å². The SMILES string of the molecule is COc1cc(N)c(Cl)cc1C(=O)NC1CCN(CC2CCN(C(=O)N(C)C)CC2)CC1OC. The molecule has 0 aromatic heterocycles. The molecule has 9 nitrogen and oxygen atoms in total. The number of carbonyl (C=O) groups excluding carboxylic acids is 2. The van der Waals surface area contributed by atoms with Crippen LogP contribution in [-0.2, 0) is 4.74 Å². The molecule has 2 aliphatic rings. The first kappa shape index (κ1) is 25.4. The van der Waals surface area contributed by atoms with Crippen molar-refractivity contribution < 1.29 is 19.1 Å². The summed E-state index contributed by atoms with van der Waals surface area (Å²) < 4.78 is 11.1. The predicted octanol–water partition coefficient (Wildman–Crippen LogP) is 2.14. The molecule has 10 heteroatoms. The molecule has 0 aliphatic carbocycles. The number of nitrogen functional groups attached to an aromatic ring is 1. The Bertz CT molecular complexity index is 844. The fourth-order valence-electron chi connectivity index (χ4n) is 4.67. The van der Waals surface area contributed by atoms with E-state index in [2.05, 4.69) is 10.2 Å². The van der Waals surface area contributed by atoms with Crippen LogP contribution in [0.4, 0.5) is 10.5 Å². The fourth-order valence-corrected chi connectivity index (χ4v) is 4.83. The van der Waals surface area contributed by atoms with E-state index < -0.39 is 0 Å². The number of carbonyl (C=O) groups is 2. The van der Waals surface area contributed by atoms with Gasteiger partial charge in [-0.3, -0.25) is 4.79 Å². The number of nitrogens with two attached hydrogens (primary N) is 1. The molecule has 33 heavy (non-hydrogen) atoms. The van der Waals surface area contributed by atoms with Crippen LogP contribution < -0.4 is 15.8 Å². The Hall–Kier alpha value is -2.23. The van der Waals surface area contributed by atoms with Gasteiger partial charge >= 0.3 is 6.03 Å². The number of nitrogens with one attached hydrogen (secondary N) is 1. The number of halogens is 1. The van der Waals surface area contributed by atoms with E-state index in [0.717, 1.165) is 52.0 Å². The minimum absolute atomic E-state index is 0.0865. The first-order chi connectivity index (χ1) is 15.7. The van der Waals surface area contributed by atoms with Gasteiger partial charge in [0.15, 0.2) is 0 Å². The molecule has 2 fully saturated rings. The van der Waals surface area contributed by atoms with Gasteiger partial charge in [-0.1, -0.05) is 11.6 Å². The lowest BCUT2D eigenvalue weighted by molar-refractivity contribution is -0.000793. The molecule has 1 aromatic rings. The van der Waals surface area contributed by atoms with E-state index in [0.29, 0.717) is 27.9 Å². The molecule has 1 aromatic carbocycles. The van der Waals surface area contributed by atoms with Crippen molar-refractivity contribution in [2.45, 2.75) is 31.4 Å². The van der Waals surface area contributed by atoms with Gasteiger partial charge in [0.1, 0.15) is 5.75 Å². The summed E-state index contributed by atoms with van der Waals surface area (Å²) >= 11 is 6.12. The standard InChI is InChI=1S/C23H36ClN5O4/c1-27(2)23(31)29-9-5-15(6-10-29)13-28-8-7-19(21(14-28)33-4)26-22(30)16-11-17(24)18(25)12-20(16)32-3/h11-12,15,19,21H,5-10,13-14,25H2,1-4H3,(H,26,30). The Morgan fingerprint density at radius 1 is 1.18 bits per heavy atom. The molecule has 3 N–H and O–H groups in total. The van der Waals surface area contributed by atoms with Gasteiger partial charge in [-0.2, -0.15) is 0 Å². The molecule has 2 aliphatic heterocycles. The highest BCUT2D eigenvalue weighted by Crippen LogP contribution is 2.29. The molecule has 0 spiro atoms. The van der Waals surface area contributed by atoms with Crippen LogP contribution in [0.5, 0.6) is 5.75 Å². The van der Waals surface area contributed by atoms with Crippen molar-refractivity contribution in [3.8, 4) is 5.75 Å². The molecular formula is C23H36ClN5O4. The lowest BCUT2D eigenvalue weighted by atomic mass is 9.94. The minimum Gasteiger partial charge on any atom is -0.496 e. The maximum Gasteiger partial charge on any atom is 0.319 e. The van der Waals surface area contributed by atoms with E-state index in [4.69, 9.17) is 26.8 Å². The Kier molecular flexibility index (Phi) is 8.67. The molecule has 2 heterocycles. The number of methoxy groups -OCH3 is 2. The van der Waals surface area contributed by atoms with E-state index >= 15 is 0 Å². The van der Waals surface area contributed by atoms with Crippen LogP contribution in [0.15, 0.2) is 12.1 Å². The highest BCUT2D eigenvalue weighted by atomic mass is 35.5. The van der Waals surface area contributed by atoms with Crippen LogP contribution in [0.25, 0.3) is 0 Å². The second kappa shape index (κ2) is 11.3. The third-order valence-electron chi connectivity index (χ3n) is 6.61. The normalized spacial score (nSPS) is 22.2. The molecule has 3 amide bonds. The van der Waals surface area contributed by atoms with Crippen molar-refractivity contribution in [1.29, 1.82) is 0 Å². The number of benzene rings is 1. The van der Waals surface area contributed by atoms with Crippen molar-refractivity contribution in [1.82, 2.24) is 20.0 Å². The number of urea groups is 1. The molecular weight excluding hydrogens is 446 g/mol. The molecule has 2 saturated heterocycles. The van der Waals surface area contributed by atoms with Crippen LogP contribution >= 0.6 is 11.6 Å². The maximum atomic E-state index is 13.0. The lowest BCUT2D eigenvalue weighted by Gasteiger charge is -2.41. The number of nitrogens with zero attached hydrogens (tertiary/aromatic N) is 3. The third kappa shape index (κ3) is 6.22. The van der Waals surface area contributed by atoms with Crippen molar-refractivity contribution in [3.05, 3.63) is 22.7 Å². The van der Waals surface area contributed by atoms with Crippen molar-refractivity contribution >= 4 is 29.2 Å². The Balaban J connectivity index is 1.53. The van der Waals surface area contributed by atoms with Gasteiger partial charge in [-0.05, 0) is 31.2 Å². The van der Waals surface area contributed by atoms with Gasteiger partial charge < -0.3 is 35.2 Å². The van der Waals surface area contributed by atoms with Gasteiger partial charge in [-0.15, -0.1) is 0 Å². The van der Waals surface area contributed by atoms with Crippen LogP contribution in [0.1, 0.15) is 29.6 Å². The fraction of sp³-hybridized carbons (Fsp3) is 0.652. The Labute approximate surface area is 201 Å². The molecule has 2 atom stereocenters. The van der Waals surface area contributed by atoms with Crippen LogP contribution in [0, 0.1) is 5.92 Å². The van der Waals surface area contributed by atoms with E-state index in [-0.39, 0.29) is 24.1 Å². The van der Waals surface area contributed by atoms with E-state index in [1.165, 1.54) is 13.2 Å². The average Bonchev–Trinajstić information content (AvgIpc) is 2.81.